The third-order valence-corrected chi connectivity index (χ3v) is 3.50. The number of nitrogens with zero attached hydrogens (tertiary/aromatic N) is 1. The van der Waals surface area contributed by atoms with E-state index in [0.717, 1.165) is 5.56 Å². The van der Waals surface area contributed by atoms with Crippen molar-refractivity contribution in [1.29, 1.82) is 0 Å². The van der Waals surface area contributed by atoms with E-state index in [-0.39, 0.29) is 5.91 Å². The summed E-state index contributed by atoms with van der Waals surface area (Å²) in [6.45, 7) is 4.60. The molecule has 1 amide bonds. The smallest absolute Gasteiger partial charge is 0.263 e. The maximum absolute atomic E-state index is 12.1. The summed E-state index contributed by atoms with van der Waals surface area (Å²) in [5.41, 5.74) is 0.897. The number of carbonyl (C=O) groups excluding carboxylic acids is 1. The van der Waals surface area contributed by atoms with Crippen LogP contribution in [0, 0.1) is 6.92 Å². The molecule has 2 atom stereocenters. The normalized spacial score (nSPS) is 20.4. The number of β-amino-alcohol motifs (C(OH)–C–C–N with tert-alkyl or cyclic N) is 1. The van der Waals surface area contributed by atoms with Crippen LogP contribution in [0.4, 0.5) is 0 Å². The molecule has 19 heavy (non-hydrogen) atoms. The van der Waals surface area contributed by atoms with Gasteiger partial charge < -0.3 is 14.7 Å². The van der Waals surface area contributed by atoms with Crippen molar-refractivity contribution in [2.75, 3.05) is 13.1 Å². The van der Waals surface area contributed by atoms with Crippen molar-refractivity contribution < 1.29 is 14.6 Å². The Kier molecular flexibility index (Phi) is 4.32. The summed E-state index contributed by atoms with van der Waals surface area (Å²) in [5.74, 6) is 0.566. The van der Waals surface area contributed by atoms with Gasteiger partial charge in [-0.2, -0.15) is 0 Å². The van der Waals surface area contributed by atoms with Gasteiger partial charge in [-0.25, -0.2) is 0 Å². The number of aryl methyl sites for hydroxylation is 1. The van der Waals surface area contributed by atoms with Crippen LogP contribution in [0.1, 0.15) is 18.9 Å². The fourth-order valence-corrected chi connectivity index (χ4v) is 2.41. The van der Waals surface area contributed by atoms with Crippen LogP contribution in [0.5, 0.6) is 5.75 Å². The number of halogens is 1. The molecule has 1 saturated heterocycles. The number of ether oxygens (including phenoxy) is 1. The average molecular weight is 284 g/mol. The van der Waals surface area contributed by atoms with Crippen molar-refractivity contribution in [2.45, 2.75) is 32.5 Å². The predicted octanol–water partition coefficient (Wildman–Crippen LogP) is 2.01. The molecular weight excluding hydrogens is 266 g/mol. The fourth-order valence-electron chi connectivity index (χ4n) is 2.19. The predicted molar refractivity (Wildman–Crippen MR) is 73.5 cm³/mol. The number of carbonyl (C=O) groups is 1. The molecule has 4 nitrogen and oxygen atoms in total. The first-order valence-electron chi connectivity index (χ1n) is 6.37. The van der Waals surface area contributed by atoms with Gasteiger partial charge in [-0.1, -0.05) is 11.6 Å². The van der Waals surface area contributed by atoms with Gasteiger partial charge in [0.1, 0.15) is 5.75 Å². The molecule has 0 saturated carbocycles. The van der Waals surface area contributed by atoms with Gasteiger partial charge >= 0.3 is 0 Å². The summed E-state index contributed by atoms with van der Waals surface area (Å²) in [4.78, 5) is 13.8. The van der Waals surface area contributed by atoms with Gasteiger partial charge in [-0.15, -0.1) is 0 Å². The molecule has 1 unspecified atom stereocenters. The summed E-state index contributed by atoms with van der Waals surface area (Å²) >= 11 is 5.88. The lowest BCUT2D eigenvalue weighted by atomic mass is 10.2. The van der Waals surface area contributed by atoms with E-state index in [2.05, 4.69) is 0 Å². The van der Waals surface area contributed by atoms with E-state index in [1.807, 2.05) is 6.92 Å². The molecule has 1 aromatic rings. The van der Waals surface area contributed by atoms with Crippen molar-refractivity contribution in [3.8, 4) is 5.75 Å². The maximum atomic E-state index is 12.1. The summed E-state index contributed by atoms with van der Waals surface area (Å²) in [6, 6.07) is 5.30. The Morgan fingerprint density at radius 1 is 1.58 bits per heavy atom. The van der Waals surface area contributed by atoms with Crippen molar-refractivity contribution in [2.24, 2.45) is 0 Å². The van der Waals surface area contributed by atoms with Crippen LogP contribution in [0.25, 0.3) is 0 Å². The lowest BCUT2D eigenvalue weighted by Crippen LogP contribution is -2.39. The summed E-state index contributed by atoms with van der Waals surface area (Å²) < 4.78 is 5.68. The molecule has 5 heteroatoms. The summed E-state index contributed by atoms with van der Waals surface area (Å²) in [7, 11) is 0. The summed E-state index contributed by atoms with van der Waals surface area (Å²) in [6.07, 6.45) is -0.336. The molecule has 0 aliphatic carbocycles. The number of amides is 1. The first-order chi connectivity index (χ1) is 8.97. The molecular formula is C14H18ClNO3. The van der Waals surface area contributed by atoms with Gasteiger partial charge in [0, 0.05) is 18.1 Å². The van der Waals surface area contributed by atoms with Crippen LogP contribution in [0.2, 0.25) is 5.02 Å². The molecule has 0 bridgehead atoms. The Balaban J connectivity index is 2.00. The maximum Gasteiger partial charge on any atom is 0.263 e. The van der Waals surface area contributed by atoms with E-state index in [9.17, 15) is 9.90 Å². The molecule has 0 aromatic heterocycles. The molecule has 0 spiro atoms. The molecule has 1 aliphatic heterocycles. The Morgan fingerprint density at radius 3 is 2.89 bits per heavy atom. The van der Waals surface area contributed by atoms with Crippen LogP contribution < -0.4 is 4.74 Å². The number of aliphatic hydroxyl groups is 1. The van der Waals surface area contributed by atoms with E-state index >= 15 is 0 Å². The molecule has 1 aromatic carbocycles. The fraction of sp³-hybridized carbons (Fsp3) is 0.500. The molecule has 104 valence electrons. The second kappa shape index (κ2) is 5.80. The first kappa shape index (κ1) is 14.2. The SMILES string of the molecule is Cc1cc(Cl)ccc1OC(C)C(=O)N1CC[C@H](O)C1. The van der Waals surface area contributed by atoms with Crippen LogP contribution in [0.15, 0.2) is 18.2 Å². The Labute approximate surface area is 117 Å². The number of aliphatic hydroxyl groups excluding tert-OH is 1. The number of rotatable bonds is 3. The van der Waals surface area contributed by atoms with E-state index in [4.69, 9.17) is 16.3 Å². The molecule has 2 rings (SSSR count). The van der Waals surface area contributed by atoms with Crippen molar-refractivity contribution >= 4 is 17.5 Å². The first-order valence-corrected chi connectivity index (χ1v) is 6.75. The van der Waals surface area contributed by atoms with Crippen LogP contribution in [-0.4, -0.2) is 41.2 Å². The lowest BCUT2D eigenvalue weighted by molar-refractivity contribution is -0.137. The Morgan fingerprint density at radius 2 is 2.32 bits per heavy atom. The van der Waals surface area contributed by atoms with E-state index < -0.39 is 12.2 Å². The quantitative estimate of drug-likeness (QED) is 0.923. The highest BCUT2D eigenvalue weighted by atomic mass is 35.5. The van der Waals surface area contributed by atoms with Crippen molar-refractivity contribution in [3.63, 3.8) is 0 Å². The highest BCUT2D eigenvalue weighted by molar-refractivity contribution is 6.30. The topological polar surface area (TPSA) is 49.8 Å². The number of likely N-dealkylation sites (tertiary alicyclic amines) is 1. The molecule has 0 radical (unpaired) electrons. The Bertz CT molecular complexity index is 478. The van der Waals surface area contributed by atoms with Crippen LogP contribution >= 0.6 is 11.6 Å². The third-order valence-electron chi connectivity index (χ3n) is 3.26. The number of hydrogen-bond donors (Lipinski definition) is 1. The molecule has 1 aliphatic rings. The zero-order valence-electron chi connectivity index (χ0n) is 11.1. The zero-order valence-corrected chi connectivity index (χ0v) is 11.9. The second-order valence-electron chi connectivity index (χ2n) is 4.90. The summed E-state index contributed by atoms with van der Waals surface area (Å²) in [5, 5.41) is 10.1. The Hall–Kier alpha value is -1.26. The largest absolute Gasteiger partial charge is 0.481 e. The molecule has 1 fully saturated rings. The minimum absolute atomic E-state index is 0.0918. The highest BCUT2D eigenvalue weighted by Crippen LogP contribution is 2.23. The highest BCUT2D eigenvalue weighted by Gasteiger charge is 2.28. The lowest BCUT2D eigenvalue weighted by Gasteiger charge is -2.22. The minimum atomic E-state index is -0.565. The van der Waals surface area contributed by atoms with Gasteiger partial charge in [0.05, 0.1) is 6.10 Å². The van der Waals surface area contributed by atoms with Crippen molar-refractivity contribution in [1.82, 2.24) is 4.90 Å². The van der Waals surface area contributed by atoms with Gasteiger partial charge in [0.25, 0.3) is 5.91 Å². The van der Waals surface area contributed by atoms with E-state index in [1.165, 1.54) is 0 Å². The zero-order chi connectivity index (χ0) is 14.0. The van der Waals surface area contributed by atoms with E-state index in [1.54, 1.807) is 30.0 Å². The third kappa shape index (κ3) is 3.39. The average Bonchev–Trinajstić information content (AvgIpc) is 2.78. The standard InChI is InChI=1S/C14H18ClNO3/c1-9-7-11(15)3-4-13(9)19-10(2)14(18)16-6-5-12(17)8-16/h3-4,7,10,12,17H,5-6,8H2,1-2H3/t10?,12-/m0/s1. The van der Waals surface area contributed by atoms with Gasteiger partial charge in [0.15, 0.2) is 6.10 Å². The number of benzene rings is 1. The molecule has 1 N–H and O–H groups in total. The monoisotopic (exact) mass is 283 g/mol. The van der Waals surface area contributed by atoms with Crippen molar-refractivity contribution in [3.05, 3.63) is 28.8 Å². The van der Waals surface area contributed by atoms with Crippen LogP contribution in [0.3, 0.4) is 0 Å². The minimum Gasteiger partial charge on any atom is -0.481 e. The van der Waals surface area contributed by atoms with Gasteiger partial charge in [-0.05, 0) is 44.0 Å². The van der Waals surface area contributed by atoms with Gasteiger partial charge in [0.2, 0.25) is 0 Å². The van der Waals surface area contributed by atoms with E-state index in [0.29, 0.717) is 30.3 Å². The number of hydrogen-bond acceptors (Lipinski definition) is 3. The van der Waals surface area contributed by atoms with Gasteiger partial charge in [-0.3, -0.25) is 4.79 Å². The second-order valence-corrected chi connectivity index (χ2v) is 5.33. The van der Waals surface area contributed by atoms with Crippen LogP contribution in [-0.2, 0) is 4.79 Å². The molecule has 1 heterocycles.